The fourth-order valence-electron chi connectivity index (χ4n) is 4.23. The molecule has 1 aliphatic heterocycles. The Bertz CT molecular complexity index is 1030. The molecule has 0 N–H and O–H groups in total. The third-order valence-corrected chi connectivity index (χ3v) is 5.57. The highest BCUT2D eigenvalue weighted by Crippen LogP contribution is 2.47. The van der Waals surface area contributed by atoms with Gasteiger partial charge in [0.25, 0.3) is 0 Å². The van der Waals surface area contributed by atoms with E-state index in [-0.39, 0.29) is 5.92 Å². The second-order valence-corrected chi connectivity index (χ2v) is 7.10. The van der Waals surface area contributed by atoms with Gasteiger partial charge in [-0.25, -0.2) is 0 Å². The van der Waals surface area contributed by atoms with Crippen molar-refractivity contribution in [3.05, 3.63) is 120 Å². The highest BCUT2D eigenvalue weighted by Gasteiger charge is 2.29. The number of hydrogen-bond donors (Lipinski definition) is 0. The SMILES string of the molecule is CN1c2ccccc2C(c2ccc(-c3ccccc3)cc2)c2ccccc21. The molecule has 1 aliphatic rings. The topological polar surface area (TPSA) is 3.24 Å². The Morgan fingerprint density at radius 2 is 1.00 bits per heavy atom. The monoisotopic (exact) mass is 347 g/mol. The van der Waals surface area contributed by atoms with E-state index in [1.54, 1.807) is 0 Å². The van der Waals surface area contributed by atoms with E-state index >= 15 is 0 Å². The lowest BCUT2D eigenvalue weighted by atomic mass is 9.80. The molecule has 0 spiro atoms. The lowest BCUT2D eigenvalue weighted by Crippen LogP contribution is -2.22. The summed E-state index contributed by atoms with van der Waals surface area (Å²) < 4.78 is 0. The maximum atomic E-state index is 2.31. The summed E-state index contributed by atoms with van der Waals surface area (Å²) in [5.41, 5.74) is 9.16. The van der Waals surface area contributed by atoms with Crippen molar-refractivity contribution in [2.45, 2.75) is 5.92 Å². The van der Waals surface area contributed by atoms with Crippen LogP contribution in [0.4, 0.5) is 11.4 Å². The summed E-state index contributed by atoms with van der Waals surface area (Å²) in [6.07, 6.45) is 0. The van der Waals surface area contributed by atoms with E-state index in [1.165, 1.54) is 39.2 Å². The third-order valence-electron chi connectivity index (χ3n) is 5.57. The van der Waals surface area contributed by atoms with Crippen LogP contribution in [-0.2, 0) is 0 Å². The van der Waals surface area contributed by atoms with E-state index < -0.39 is 0 Å². The first-order valence-electron chi connectivity index (χ1n) is 9.40. The van der Waals surface area contributed by atoms with Crippen LogP contribution >= 0.6 is 0 Å². The average Bonchev–Trinajstić information content (AvgIpc) is 2.75. The molecule has 27 heavy (non-hydrogen) atoms. The normalized spacial score (nSPS) is 13.1. The standard InChI is InChI=1S/C26H21N/c1-27-24-13-7-5-11-22(24)26(23-12-6-8-14-25(23)27)21-17-15-20(16-18-21)19-9-3-2-4-10-19/h2-18,26H,1H3. The molecule has 0 saturated carbocycles. The minimum absolute atomic E-state index is 0.262. The maximum Gasteiger partial charge on any atom is 0.0450 e. The second kappa shape index (κ2) is 6.44. The van der Waals surface area contributed by atoms with Crippen LogP contribution < -0.4 is 4.90 Å². The zero-order valence-electron chi connectivity index (χ0n) is 15.3. The Hall–Kier alpha value is -3.32. The van der Waals surface area contributed by atoms with Gasteiger partial charge in [0, 0.05) is 24.3 Å². The molecule has 0 unspecified atom stereocenters. The van der Waals surface area contributed by atoms with E-state index in [1.807, 2.05) is 0 Å². The van der Waals surface area contributed by atoms with Gasteiger partial charge in [-0.1, -0.05) is 91.0 Å². The second-order valence-electron chi connectivity index (χ2n) is 7.10. The number of para-hydroxylation sites is 2. The van der Waals surface area contributed by atoms with Gasteiger partial charge in [0.2, 0.25) is 0 Å². The van der Waals surface area contributed by atoms with Crippen LogP contribution in [0.1, 0.15) is 22.6 Å². The summed E-state index contributed by atoms with van der Waals surface area (Å²) in [5.74, 6) is 0.262. The van der Waals surface area contributed by atoms with Crippen molar-refractivity contribution in [2.75, 3.05) is 11.9 Å². The van der Waals surface area contributed by atoms with E-state index in [9.17, 15) is 0 Å². The van der Waals surface area contributed by atoms with Crippen LogP contribution in [0, 0.1) is 0 Å². The van der Waals surface area contributed by atoms with Gasteiger partial charge in [0.05, 0.1) is 0 Å². The highest BCUT2D eigenvalue weighted by molar-refractivity contribution is 5.77. The quantitative estimate of drug-likeness (QED) is 0.394. The van der Waals surface area contributed by atoms with Crippen molar-refractivity contribution >= 4 is 11.4 Å². The highest BCUT2D eigenvalue weighted by atomic mass is 15.1. The molecule has 0 atom stereocenters. The van der Waals surface area contributed by atoms with Gasteiger partial charge in [0.15, 0.2) is 0 Å². The molecule has 0 saturated heterocycles. The molecule has 1 heteroatoms. The fourth-order valence-corrected chi connectivity index (χ4v) is 4.23. The first-order chi connectivity index (χ1) is 13.3. The molecule has 1 nitrogen and oxygen atoms in total. The van der Waals surface area contributed by atoms with Crippen LogP contribution in [0.25, 0.3) is 11.1 Å². The molecule has 0 amide bonds. The Morgan fingerprint density at radius 3 is 1.59 bits per heavy atom. The van der Waals surface area contributed by atoms with Gasteiger partial charge < -0.3 is 4.90 Å². The smallest absolute Gasteiger partial charge is 0.0450 e. The Balaban J connectivity index is 1.64. The first kappa shape index (κ1) is 15.9. The minimum Gasteiger partial charge on any atom is -0.344 e. The predicted molar refractivity (Wildman–Crippen MR) is 114 cm³/mol. The predicted octanol–water partition coefficient (Wildman–Crippen LogP) is 6.62. The first-order valence-corrected chi connectivity index (χ1v) is 9.40. The molecule has 0 fully saturated rings. The summed E-state index contributed by atoms with van der Waals surface area (Å²) in [7, 11) is 2.16. The van der Waals surface area contributed by atoms with E-state index in [4.69, 9.17) is 0 Å². The van der Waals surface area contributed by atoms with Gasteiger partial charge in [-0.15, -0.1) is 0 Å². The van der Waals surface area contributed by atoms with Crippen LogP contribution in [0.5, 0.6) is 0 Å². The van der Waals surface area contributed by atoms with E-state index in [2.05, 4.69) is 115 Å². The molecule has 5 rings (SSSR count). The van der Waals surface area contributed by atoms with Crippen LogP contribution in [-0.4, -0.2) is 7.05 Å². The molecule has 0 aliphatic carbocycles. The number of hydrogen-bond acceptors (Lipinski definition) is 1. The molecular formula is C26H21N. The molecule has 130 valence electrons. The van der Waals surface area contributed by atoms with Crippen LogP contribution in [0.15, 0.2) is 103 Å². The number of rotatable bonds is 2. The third kappa shape index (κ3) is 2.63. The van der Waals surface area contributed by atoms with Crippen LogP contribution in [0.3, 0.4) is 0 Å². The maximum absolute atomic E-state index is 2.31. The zero-order valence-corrected chi connectivity index (χ0v) is 15.3. The summed E-state index contributed by atoms with van der Waals surface area (Å²) in [6, 6.07) is 37.1. The van der Waals surface area contributed by atoms with Gasteiger partial charge in [-0.3, -0.25) is 0 Å². The summed E-state index contributed by atoms with van der Waals surface area (Å²) >= 11 is 0. The van der Waals surface area contributed by atoms with Crippen molar-refractivity contribution in [3.63, 3.8) is 0 Å². The van der Waals surface area contributed by atoms with Crippen molar-refractivity contribution in [1.29, 1.82) is 0 Å². The summed E-state index contributed by atoms with van der Waals surface area (Å²) in [4.78, 5) is 2.31. The summed E-state index contributed by atoms with van der Waals surface area (Å²) in [5, 5.41) is 0. The number of benzene rings is 4. The number of fused-ring (bicyclic) bond motifs is 2. The van der Waals surface area contributed by atoms with Gasteiger partial charge >= 0.3 is 0 Å². The van der Waals surface area contributed by atoms with Crippen LogP contribution in [0.2, 0.25) is 0 Å². The molecule has 4 aromatic rings. The Labute approximate surface area is 160 Å². The largest absolute Gasteiger partial charge is 0.344 e. The van der Waals surface area contributed by atoms with Crippen molar-refractivity contribution in [2.24, 2.45) is 0 Å². The minimum atomic E-state index is 0.262. The van der Waals surface area contributed by atoms with Crippen molar-refractivity contribution in [3.8, 4) is 11.1 Å². The Kier molecular flexibility index (Phi) is 3.79. The van der Waals surface area contributed by atoms with E-state index in [0.29, 0.717) is 0 Å². The molecule has 0 bridgehead atoms. The molecule has 4 aromatic carbocycles. The molecule has 0 radical (unpaired) electrons. The van der Waals surface area contributed by atoms with Crippen molar-refractivity contribution < 1.29 is 0 Å². The molecule has 1 heterocycles. The Morgan fingerprint density at radius 1 is 0.519 bits per heavy atom. The summed E-state index contributed by atoms with van der Waals surface area (Å²) in [6.45, 7) is 0. The zero-order chi connectivity index (χ0) is 18.2. The number of nitrogens with zero attached hydrogens (tertiary/aromatic N) is 1. The van der Waals surface area contributed by atoms with Gasteiger partial charge in [0.1, 0.15) is 0 Å². The lowest BCUT2D eigenvalue weighted by Gasteiger charge is -2.35. The average molecular weight is 347 g/mol. The lowest BCUT2D eigenvalue weighted by molar-refractivity contribution is 0.926. The van der Waals surface area contributed by atoms with Gasteiger partial charge in [-0.2, -0.15) is 0 Å². The van der Waals surface area contributed by atoms with Gasteiger partial charge in [-0.05, 0) is 39.9 Å². The molecular weight excluding hydrogens is 326 g/mol. The van der Waals surface area contributed by atoms with E-state index in [0.717, 1.165) is 0 Å². The fraction of sp³-hybridized carbons (Fsp3) is 0.0769. The number of anilines is 2. The molecule has 0 aromatic heterocycles. The van der Waals surface area contributed by atoms with Crippen molar-refractivity contribution in [1.82, 2.24) is 0 Å².